The van der Waals surface area contributed by atoms with Crippen LogP contribution in [0.1, 0.15) is 32.4 Å². The summed E-state index contributed by atoms with van der Waals surface area (Å²) in [4.78, 5) is 78.1. The summed E-state index contributed by atoms with van der Waals surface area (Å²) in [6, 6.07) is -5.65. The number of carbonyl (C=O) groups is 6. The summed E-state index contributed by atoms with van der Waals surface area (Å²) in [7, 11) is 0. The molecule has 1 aromatic rings. The Bertz CT molecular complexity index is 902. The van der Waals surface area contributed by atoms with E-state index in [0.29, 0.717) is 5.69 Å². The molecule has 0 saturated carbocycles. The Labute approximate surface area is 194 Å². The minimum absolute atomic E-state index is 0.195. The van der Waals surface area contributed by atoms with Crippen LogP contribution < -0.4 is 27.4 Å². The van der Waals surface area contributed by atoms with Gasteiger partial charge in [0.2, 0.25) is 23.6 Å². The number of rotatable bonds is 14. The molecule has 0 saturated heterocycles. The molecule has 0 aliphatic heterocycles. The first kappa shape index (κ1) is 28.0. The summed E-state index contributed by atoms with van der Waals surface area (Å²) in [5, 5.41) is 24.8. The highest BCUT2D eigenvalue weighted by molar-refractivity contribution is 5.96. The molecule has 15 heteroatoms. The van der Waals surface area contributed by atoms with Gasteiger partial charge in [-0.05, 0) is 5.92 Å². The standard InChI is InChI=1S/C19H29N7O8/c1-8(2)15(21)18(32)25-11(4-13(20)27)17(31)24-10(3-9-6-22-7-23-9)16(30)26-12(19(33)34)5-14(28)29/h6-8,10-12,15H,3-5,21H2,1-2H3,(H2,20,27)(H,22,23)(H,24,31)(H,25,32)(H,26,30)(H,28,29)(H,33,34). The average Bonchev–Trinajstić information content (AvgIpc) is 3.23. The molecule has 0 aliphatic rings. The van der Waals surface area contributed by atoms with Crippen LogP contribution in [0.4, 0.5) is 0 Å². The molecule has 4 unspecified atom stereocenters. The Morgan fingerprint density at radius 3 is 1.97 bits per heavy atom. The zero-order chi connectivity index (χ0) is 26.0. The first-order chi connectivity index (χ1) is 15.8. The van der Waals surface area contributed by atoms with E-state index in [1.807, 2.05) is 0 Å². The van der Waals surface area contributed by atoms with E-state index in [1.54, 1.807) is 13.8 Å². The quantitative estimate of drug-likeness (QED) is 0.131. The molecular weight excluding hydrogens is 454 g/mol. The van der Waals surface area contributed by atoms with Crippen LogP contribution in [0.2, 0.25) is 0 Å². The largest absolute Gasteiger partial charge is 0.481 e. The number of primary amides is 1. The molecule has 188 valence electrons. The van der Waals surface area contributed by atoms with Crippen LogP contribution in [-0.4, -0.2) is 79.9 Å². The number of amides is 4. The maximum absolute atomic E-state index is 12.9. The van der Waals surface area contributed by atoms with Crippen LogP contribution in [0.3, 0.4) is 0 Å². The number of nitrogens with two attached hydrogens (primary N) is 2. The van der Waals surface area contributed by atoms with E-state index in [-0.39, 0.29) is 12.3 Å². The zero-order valence-electron chi connectivity index (χ0n) is 18.6. The molecule has 4 amide bonds. The van der Waals surface area contributed by atoms with Crippen molar-refractivity contribution in [2.75, 3.05) is 0 Å². The maximum Gasteiger partial charge on any atom is 0.326 e. The van der Waals surface area contributed by atoms with Gasteiger partial charge in [0, 0.05) is 18.3 Å². The van der Waals surface area contributed by atoms with Crippen LogP contribution in [0.15, 0.2) is 12.5 Å². The fourth-order valence-electron chi connectivity index (χ4n) is 2.73. The number of carboxylic acid groups (broad SMARTS) is 2. The first-order valence-corrected chi connectivity index (χ1v) is 10.2. The predicted molar refractivity (Wildman–Crippen MR) is 115 cm³/mol. The Morgan fingerprint density at radius 2 is 1.50 bits per heavy atom. The average molecular weight is 483 g/mol. The smallest absolute Gasteiger partial charge is 0.326 e. The van der Waals surface area contributed by atoms with Gasteiger partial charge in [0.15, 0.2) is 0 Å². The Kier molecular flexibility index (Phi) is 10.6. The number of carboxylic acids is 2. The van der Waals surface area contributed by atoms with Crippen molar-refractivity contribution in [3.8, 4) is 0 Å². The van der Waals surface area contributed by atoms with Gasteiger partial charge in [-0.15, -0.1) is 0 Å². The van der Waals surface area contributed by atoms with Crippen LogP contribution in [0.5, 0.6) is 0 Å². The Morgan fingerprint density at radius 1 is 0.941 bits per heavy atom. The second-order valence-electron chi connectivity index (χ2n) is 7.84. The topological polar surface area (TPSA) is 260 Å². The van der Waals surface area contributed by atoms with E-state index in [0.717, 1.165) is 0 Å². The van der Waals surface area contributed by atoms with Crippen LogP contribution in [-0.2, 0) is 35.2 Å². The third-order valence-corrected chi connectivity index (χ3v) is 4.66. The molecule has 15 nitrogen and oxygen atoms in total. The van der Waals surface area contributed by atoms with Crippen molar-refractivity contribution >= 4 is 35.6 Å². The molecule has 1 aromatic heterocycles. The number of hydrogen-bond acceptors (Lipinski definition) is 8. The van der Waals surface area contributed by atoms with E-state index >= 15 is 0 Å². The summed E-state index contributed by atoms with van der Waals surface area (Å²) in [6.07, 6.45) is 0.958. The number of aromatic amines is 1. The summed E-state index contributed by atoms with van der Waals surface area (Å²) < 4.78 is 0. The first-order valence-electron chi connectivity index (χ1n) is 10.2. The zero-order valence-corrected chi connectivity index (χ0v) is 18.6. The molecule has 1 heterocycles. The SMILES string of the molecule is CC(C)C(N)C(=O)NC(CC(N)=O)C(=O)NC(Cc1cnc[nH]1)C(=O)NC(CC(=O)O)C(=O)O. The lowest BCUT2D eigenvalue weighted by molar-refractivity contribution is -0.147. The van der Waals surface area contributed by atoms with Crippen molar-refractivity contribution in [2.45, 2.75) is 57.3 Å². The lowest BCUT2D eigenvalue weighted by Gasteiger charge is -2.25. The van der Waals surface area contributed by atoms with Gasteiger partial charge < -0.3 is 42.6 Å². The van der Waals surface area contributed by atoms with E-state index in [2.05, 4.69) is 25.9 Å². The van der Waals surface area contributed by atoms with Gasteiger partial charge in [0.25, 0.3) is 0 Å². The van der Waals surface area contributed by atoms with Crippen LogP contribution in [0.25, 0.3) is 0 Å². The second kappa shape index (κ2) is 12.9. The van der Waals surface area contributed by atoms with Crippen molar-refractivity contribution in [1.29, 1.82) is 0 Å². The van der Waals surface area contributed by atoms with Gasteiger partial charge in [0.1, 0.15) is 18.1 Å². The second-order valence-corrected chi connectivity index (χ2v) is 7.84. The normalized spacial score (nSPS) is 14.4. The highest BCUT2D eigenvalue weighted by Crippen LogP contribution is 2.05. The minimum Gasteiger partial charge on any atom is -0.481 e. The summed E-state index contributed by atoms with van der Waals surface area (Å²) >= 11 is 0. The molecule has 0 spiro atoms. The number of aliphatic carboxylic acids is 2. The van der Waals surface area contributed by atoms with E-state index in [1.165, 1.54) is 12.5 Å². The maximum atomic E-state index is 12.9. The number of carbonyl (C=O) groups excluding carboxylic acids is 4. The molecule has 0 radical (unpaired) electrons. The number of H-pyrrole nitrogens is 1. The molecule has 1 rings (SSSR count). The molecule has 0 fully saturated rings. The van der Waals surface area contributed by atoms with E-state index < -0.39 is 72.6 Å². The molecule has 0 bridgehead atoms. The van der Waals surface area contributed by atoms with E-state index in [9.17, 15) is 33.9 Å². The number of nitrogens with one attached hydrogen (secondary N) is 4. The third-order valence-electron chi connectivity index (χ3n) is 4.66. The number of nitrogens with zero attached hydrogens (tertiary/aromatic N) is 1. The number of aromatic nitrogens is 2. The summed E-state index contributed by atoms with van der Waals surface area (Å²) in [6.45, 7) is 3.35. The Hall–Kier alpha value is -4.01. The van der Waals surface area contributed by atoms with Gasteiger partial charge in [0.05, 0.1) is 25.2 Å². The van der Waals surface area contributed by atoms with Crippen molar-refractivity contribution in [2.24, 2.45) is 17.4 Å². The van der Waals surface area contributed by atoms with Gasteiger partial charge >= 0.3 is 11.9 Å². The molecule has 0 aromatic carbocycles. The fourth-order valence-corrected chi connectivity index (χ4v) is 2.73. The number of hydrogen-bond donors (Lipinski definition) is 8. The van der Waals surface area contributed by atoms with Crippen molar-refractivity contribution in [3.05, 3.63) is 18.2 Å². The van der Waals surface area contributed by atoms with Gasteiger partial charge in [-0.1, -0.05) is 13.8 Å². The molecule has 4 atom stereocenters. The molecule has 10 N–H and O–H groups in total. The van der Waals surface area contributed by atoms with Crippen molar-refractivity contribution < 1.29 is 39.0 Å². The minimum atomic E-state index is -1.77. The monoisotopic (exact) mass is 483 g/mol. The molecular formula is C19H29N7O8. The van der Waals surface area contributed by atoms with Gasteiger partial charge in [-0.2, -0.15) is 0 Å². The van der Waals surface area contributed by atoms with Gasteiger partial charge in [-0.25, -0.2) is 9.78 Å². The summed E-state index contributed by atoms with van der Waals surface area (Å²) in [5.41, 5.74) is 11.3. The predicted octanol–water partition coefficient (Wildman–Crippen LogP) is -3.18. The van der Waals surface area contributed by atoms with Crippen molar-refractivity contribution in [1.82, 2.24) is 25.9 Å². The van der Waals surface area contributed by atoms with Crippen molar-refractivity contribution in [3.63, 3.8) is 0 Å². The lowest BCUT2D eigenvalue weighted by Crippen LogP contribution is -2.58. The third kappa shape index (κ3) is 9.23. The Balaban J connectivity index is 3.10. The highest BCUT2D eigenvalue weighted by atomic mass is 16.4. The van der Waals surface area contributed by atoms with Crippen LogP contribution >= 0.6 is 0 Å². The summed E-state index contributed by atoms with van der Waals surface area (Å²) in [5.74, 6) is -6.96. The molecule has 34 heavy (non-hydrogen) atoms. The molecule has 0 aliphatic carbocycles. The van der Waals surface area contributed by atoms with E-state index in [4.69, 9.17) is 16.6 Å². The van der Waals surface area contributed by atoms with Crippen LogP contribution in [0, 0.1) is 5.92 Å². The van der Waals surface area contributed by atoms with Gasteiger partial charge in [-0.3, -0.25) is 24.0 Å². The fraction of sp³-hybridized carbons (Fsp3) is 0.526. The lowest BCUT2D eigenvalue weighted by atomic mass is 10.0. The highest BCUT2D eigenvalue weighted by Gasteiger charge is 2.32. The number of imidazole rings is 1.